The molecule has 1 saturated heterocycles. The number of nitrogens with zero attached hydrogens (tertiary/aromatic N) is 2. The lowest BCUT2D eigenvalue weighted by Gasteiger charge is -2.18. The quantitative estimate of drug-likeness (QED) is 0.879. The monoisotopic (exact) mass is 249 g/mol. The molecule has 0 radical (unpaired) electrons. The summed E-state index contributed by atoms with van der Waals surface area (Å²) in [4.78, 5) is 4.84. The van der Waals surface area contributed by atoms with E-state index in [0.717, 1.165) is 45.7 Å². The van der Waals surface area contributed by atoms with Crippen molar-refractivity contribution in [2.24, 2.45) is 5.92 Å². The molecule has 4 nitrogen and oxygen atoms in total. The van der Waals surface area contributed by atoms with Crippen molar-refractivity contribution in [3.63, 3.8) is 0 Å². The third-order valence-corrected chi connectivity index (χ3v) is 4.00. The van der Waals surface area contributed by atoms with Crippen molar-refractivity contribution in [2.45, 2.75) is 45.7 Å². The second kappa shape index (κ2) is 5.41. The molecule has 1 aromatic rings. The minimum Gasteiger partial charge on any atom is -0.381 e. The maximum atomic E-state index is 5.50. The molecule has 0 amide bonds. The van der Waals surface area contributed by atoms with E-state index >= 15 is 0 Å². The molecule has 1 atom stereocenters. The van der Waals surface area contributed by atoms with Crippen LogP contribution < -0.4 is 5.32 Å². The maximum absolute atomic E-state index is 5.50. The minimum absolute atomic E-state index is 0.689. The Hall–Kier alpha value is -0.870. The number of hydrogen-bond donors (Lipinski definition) is 1. The zero-order valence-electron chi connectivity index (χ0n) is 11.2. The molecule has 0 bridgehead atoms. The molecule has 0 aromatic carbocycles. The fraction of sp³-hybridized carbons (Fsp3) is 0.786. The number of ether oxygens (including phenoxy) is 1. The lowest BCUT2D eigenvalue weighted by atomic mass is 10.1. The van der Waals surface area contributed by atoms with Gasteiger partial charge < -0.3 is 14.6 Å². The SMILES string of the molecule is CCCc1nc2c(n1CC1CCOC1)CCNC2. The van der Waals surface area contributed by atoms with Crippen molar-refractivity contribution in [1.29, 1.82) is 0 Å². The fourth-order valence-electron chi connectivity index (χ4n) is 3.04. The van der Waals surface area contributed by atoms with Crippen molar-refractivity contribution >= 4 is 0 Å². The number of fused-ring (bicyclic) bond motifs is 1. The van der Waals surface area contributed by atoms with Crippen molar-refractivity contribution in [3.05, 3.63) is 17.2 Å². The maximum Gasteiger partial charge on any atom is 0.109 e. The summed E-state index contributed by atoms with van der Waals surface area (Å²) in [6.45, 7) is 7.24. The second-order valence-electron chi connectivity index (χ2n) is 5.44. The second-order valence-corrected chi connectivity index (χ2v) is 5.44. The van der Waals surface area contributed by atoms with Crippen LogP contribution in [0.15, 0.2) is 0 Å². The van der Waals surface area contributed by atoms with E-state index in [9.17, 15) is 0 Å². The number of rotatable bonds is 4. The molecule has 1 fully saturated rings. The molecule has 3 rings (SSSR count). The van der Waals surface area contributed by atoms with Crippen molar-refractivity contribution in [1.82, 2.24) is 14.9 Å². The first kappa shape index (κ1) is 12.2. The molecule has 100 valence electrons. The summed E-state index contributed by atoms with van der Waals surface area (Å²) in [6.07, 6.45) is 4.60. The first-order valence-electron chi connectivity index (χ1n) is 7.24. The molecule has 3 heterocycles. The number of aromatic nitrogens is 2. The van der Waals surface area contributed by atoms with Crippen LogP contribution in [0.5, 0.6) is 0 Å². The van der Waals surface area contributed by atoms with Gasteiger partial charge in [-0.2, -0.15) is 0 Å². The minimum atomic E-state index is 0.689. The smallest absolute Gasteiger partial charge is 0.109 e. The average molecular weight is 249 g/mol. The topological polar surface area (TPSA) is 39.1 Å². The molecular weight excluding hydrogens is 226 g/mol. The molecule has 18 heavy (non-hydrogen) atoms. The van der Waals surface area contributed by atoms with Crippen LogP contribution in [0, 0.1) is 5.92 Å². The highest BCUT2D eigenvalue weighted by atomic mass is 16.5. The van der Waals surface area contributed by atoms with Gasteiger partial charge >= 0.3 is 0 Å². The van der Waals surface area contributed by atoms with E-state index in [1.165, 1.54) is 30.1 Å². The third-order valence-electron chi connectivity index (χ3n) is 4.00. The molecule has 2 aliphatic rings. The van der Waals surface area contributed by atoms with Crippen LogP contribution in [0.4, 0.5) is 0 Å². The van der Waals surface area contributed by atoms with Gasteiger partial charge in [-0.25, -0.2) is 4.98 Å². The Bertz CT molecular complexity index is 407. The summed E-state index contributed by atoms with van der Waals surface area (Å²) in [6, 6.07) is 0. The van der Waals surface area contributed by atoms with Crippen LogP contribution in [-0.4, -0.2) is 29.3 Å². The summed E-state index contributed by atoms with van der Waals surface area (Å²) in [7, 11) is 0. The van der Waals surface area contributed by atoms with Gasteiger partial charge in [0, 0.05) is 50.7 Å². The molecule has 4 heteroatoms. The zero-order chi connectivity index (χ0) is 12.4. The summed E-state index contributed by atoms with van der Waals surface area (Å²) in [5, 5.41) is 3.42. The number of imidazole rings is 1. The molecule has 0 saturated carbocycles. The van der Waals surface area contributed by atoms with E-state index in [1.807, 2.05) is 0 Å². The summed E-state index contributed by atoms with van der Waals surface area (Å²) in [5.41, 5.74) is 2.76. The van der Waals surface area contributed by atoms with Gasteiger partial charge in [-0.15, -0.1) is 0 Å². The van der Waals surface area contributed by atoms with Crippen LogP contribution in [0.1, 0.15) is 37.0 Å². The first-order valence-corrected chi connectivity index (χ1v) is 7.24. The first-order chi connectivity index (χ1) is 8.88. The van der Waals surface area contributed by atoms with Crippen LogP contribution in [0.3, 0.4) is 0 Å². The van der Waals surface area contributed by atoms with Gasteiger partial charge in [-0.1, -0.05) is 6.92 Å². The fourth-order valence-corrected chi connectivity index (χ4v) is 3.04. The predicted octanol–water partition coefficient (Wildman–Crippen LogP) is 1.52. The van der Waals surface area contributed by atoms with E-state index in [0.29, 0.717) is 5.92 Å². The largest absolute Gasteiger partial charge is 0.381 e. The molecule has 1 unspecified atom stereocenters. The van der Waals surface area contributed by atoms with Crippen LogP contribution in [-0.2, 0) is 30.7 Å². The van der Waals surface area contributed by atoms with E-state index in [1.54, 1.807) is 0 Å². The standard InChI is InChI=1S/C14H23N3O/c1-2-3-14-16-12-8-15-6-4-13(12)17(14)9-11-5-7-18-10-11/h11,15H,2-10H2,1H3. The van der Waals surface area contributed by atoms with Crippen molar-refractivity contribution < 1.29 is 4.74 Å². The highest BCUT2D eigenvalue weighted by Gasteiger charge is 2.23. The van der Waals surface area contributed by atoms with Gasteiger partial charge in [0.15, 0.2) is 0 Å². The highest BCUT2D eigenvalue weighted by molar-refractivity contribution is 5.20. The van der Waals surface area contributed by atoms with E-state index in [4.69, 9.17) is 9.72 Å². The normalized spacial score (nSPS) is 23.3. The summed E-state index contributed by atoms with van der Waals surface area (Å²) < 4.78 is 8.00. The van der Waals surface area contributed by atoms with Gasteiger partial charge in [0.2, 0.25) is 0 Å². The Morgan fingerprint density at radius 3 is 3.22 bits per heavy atom. The van der Waals surface area contributed by atoms with E-state index in [2.05, 4.69) is 16.8 Å². The molecule has 0 aliphatic carbocycles. The Morgan fingerprint density at radius 1 is 1.50 bits per heavy atom. The van der Waals surface area contributed by atoms with E-state index < -0.39 is 0 Å². The Balaban J connectivity index is 1.86. The number of nitrogens with one attached hydrogen (secondary N) is 1. The van der Waals surface area contributed by atoms with Crippen LogP contribution >= 0.6 is 0 Å². The van der Waals surface area contributed by atoms with Gasteiger partial charge in [0.05, 0.1) is 12.3 Å². The zero-order valence-corrected chi connectivity index (χ0v) is 11.2. The van der Waals surface area contributed by atoms with Crippen molar-refractivity contribution in [2.75, 3.05) is 19.8 Å². The summed E-state index contributed by atoms with van der Waals surface area (Å²) in [5.74, 6) is 1.98. The van der Waals surface area contributed by atoms with E-state index in [-0.39, 0.29) is 0 Å². The van der Waals surface area contributed by atoms with Gasteiger partial charge in [0.1, 0.15) is 5.82 Å². The summed E-state index contributed by atoms with van der Waals surface area (Å²) >= 11 is 0. The lowest BCUT2D eigenvalue weighted by molar-refractivity contribution is 0.182. The van der Waals surface area contributed by atoms with Crippen LogP contribution in [0.2, 0.25) is 0 Å². The van der Waals surface area contributed by atoms with Gasteiger partial charge in [-0.05, 0) is 12.8 Å². The Labute approximate surface area is 109 Å². The molecule has 2 aliphatic heterocycles. The van der Waals surface area contributed by atoms with Gasteiger partial charge in [-0.3, -0.25) is 0 Å². The average Bonchev–Trinajstić information content (AvgIpc) is 3.00. The Morgan fingerprint density at radius 2 is 2.44 bits per heavy atom. The third kappa shape index (κ3) is 2.31. The lowest BCUT2D eigenvalue weighted by Crippen LogP contribution is -2.26. The molecular formula is C14H23N3O. The predicted molar refractivity (Wildman–Crippen MR) is 70.6 cm³/mol. The van der Waals surface area contributed by atoms with Gasteiger partial charge in [0.25, 0.3) is 0 Å². The highest BCUT2D eigenvalue weighted by Crippen LogP contribution is 2.22. The molecule has 0 spiro atoms. The number of hydrogen-bond acceptors (Lipinski definition) is 3. The molecule has 1 N–H and O–H groups in total. The molecule has 1 aromatic heterocycles. The number of aryl methyl sites for hydroxylation is 1. The van der Waals surface area contributed by atoms with Crippen molar-refractivity contribution in [3.8, 4) is 0 Å². The van der Waals surface area contributed by atoms with Crippen LogP contribution in [0.25, 0.3) is 0 Å². The Kier molecular flexibility index (Phi) is 3.66.